The smallest absolute Gasteiger partial charge is 0.328 e. The van der Waals surface area contributed by atoms with E-state index in [1.807, 2.05) is 54.6 Å². The largest absolute Gasteiger partial charge is 0.497 e. The summed E-state index contributed by atoms with van der Waals surface area (Å²) in [7, 11) is 2.93. The predicted octanol–water partition coefficient (Wildman–Crippen LogP) is 2.86. The highest BCUT2D eigenvalue weighted by atomic mass is 16.5. The number of H-pyrrole nitrogens is 1. The fraction of sp³-hybridized carbons (Fsp3) is 0.292. The number of benzene rings is 2. The van der Waals surface area contributed by atoms with E-state index in [1.165, 1.54) is 7.11 Å². The zero-order valence-electron chi connectivity index (χ0n) is 18.1. The molecule has 166 valence electrons. The Hall–Kier alpha value is -3.81. The van der Waals surface area contributed by atoms with E-state index in [9.17, 15) is 9.59 Å². The molecule has 2 amide bonds. The van der Waals surface area contributed by atoms with Crippen molar-refractivity contribution >= 4 is 12.0 Å². The van der Waals surface area contributed by atoms with Crippen molar-refractivity contribution in [2.45, 2.75) is 24.9 Å². The van der Waals surface area contributed by atoms with Crippen LogP contribution in [0.25, 0.3) is 0 Å². The summed E-state index contributed by atoms with van der Waals surface area (Å²) in [5, 5.41) is 2.88. The van der Waals surface area contributed by atoms with Crippen LogP contribution in [0.5, 0.6) is 5.75 Å². The summed E-state index contributed by atoms with van der Waals surface area (Å²) in [5.74, 6) is 0.247. The van der Waals surface area contributed by atoms with Gasteiger partial charge >= 0.3 is 12.0 Å². The van der Waals surface area contributed by atoms with E-state index in [4.69, 9.17) is 9.47 Å². The van der Waals surface area contributed by atoms with Gasteiger partial charge in [0.1, 0.15) is 17.8 Å². The van der Waals surface area contributed by atoms with E-state index in [-0.39, 0.29) is 12.1 Å². The third-order valence-electron chi connectivity index (χ3n) is 5.68. The third-order valence-corrected chi connectivity index (χ3v) is 5.68. The molecule has 1 aliphatic rings. The first kappa shape index (κ1) is 21.4. The number of aromatic amines is 1. The van der Waals surface area contributed by atoms with Crippen molar-refractivity contribution in [1.82, 2.24) is 20.2 Å². The van der Waals surface area contributed by atoms with Crippen LogP contribution in [0.15, 0.2) is 60.9 Å². The van der Waals surface area contributed by atoms with Gasteiger partial charge in [-0.3, -0.25) is 0 Å². The minimum atomic E-state index is -0.799. The number of rotatable bonds is 6. The lowest BCUT2D eigenvalue weighted by Crippen LogP contribution is -2.52. The topological polar surface area (TPSA) is 96.6 Å². The van der Waals surface area contributed by atoms with Gasteiger partial charge in [0.15, 0.2) is 0 Å². The summed E-state index contributed by atoms with van der Waals surface area (Å²) < 4.78 is 10.2. The number of amides is 2. The SMILES string of the molecule is COC(=O)[C@@H](Cc1ccccc1)NC(=O)N1CCc2[nH]cnc2[C@@H]1c1ccc(OC)cc1. The Balaban J connectivity index is 1.60. The van der Waals surface area contributed by atoms with E-state index in [1.54, 1.807) is 18.3 Å². The average Bonchev–Trinajstić information content (AvgIpc) is 3.32. The molecule has 8 nitrogen and oxygen atoms in total. The van der Waals surface area contributed by atoms with Crippen LogP contribution in [0.4, 0.5) is 4.79 Å². The maximum atomic E-state index is 13.4. The van der Waals surface area contributed by atoms with E-state index < -0.39 is 12.0 Å². The molecule has 0 saturated heterocycles. The Morgan fingerprint density at radius 3 is 2.59 bits per heavy atom. The number of hydrogen-bond donors (Lipinski definition) is 2. The molecular formula is C24H26N4O4. The van der Waals surface area contributed by atoms with Gasteiger partial charge in [-0.15, -0.1) is 0 Å². The van der Waals surface area contributed by atoms with Crippen LogP contribution >= 0.6 is 0 Å². The number of nitrogens with one attached hydrogen (secondary N) is 2. The summed E-state index contributed by atoms with van der Waals surface area (Å²) in [5.41, 5.74) is 3.65. The number of ether oxygens (including phenoxy) is 2. The quantitative estimate of drug-likeness (QED) is 0.582. The number of fused-ring (bicyclic) bond motifs is 1. The number of methoxy groups -OCH3 is 2. The molecule has 2 heterocycles. The van der Waals surface area contributed by atoms with Gasteiger partial charge in [0.2, 0.25) is 0 Å². The van der Waals surface area contributed by atoms with E-state index in [0.717, 1.165) is 28.3 Å². The van der Waals surface area contributed by atoms with Gasteiger partial charge < -0.3 is 24.7 Å². The van der Waals surface area contributed by atoms with Gasteiger partial charge in [0, 0.05) is 25.1 Å². The molecule has 32 heavy (non-hydrogen) atoms. The van der Waals surface area contributed by atoms with Gasteiger partial charge in [0.25, 0.3) is 0 Å². The molecular weight excluding hydrogens is 408 g/mol. The van der Waals surface area contributed by atoms with Crippen molar-refractivity contribution in [3.05, 3.63) is 83.4 Å². The monoisotopic (exact) mass is 434 g/mol. The fourth-order valence-electron chi connectivity index (χ4n) is 4.04. The summed E-state index contributed by atoms with van der Waals surface area (Å²) >= 11 is 0. The molecule has 0 spiro atoms. The van der Waals surface area contributed by atoms with E-state index in [0.29, 0.717) is 19.4 Å². The Kier molecular flexibility index (Phi) is 6.39. The molecule has 0 radical (unpaired) electrons. The number of hydrogen-bond acceptors (Lipinski definition) is 5. The lowest BCUT2D eigenvalue weighted by Gasteiger charge is -2.36. The molecule has 2 N–H and O–H groups in total. The van der Waals surface area contributed by atoms with Crippen molar-refractivity contribution in [2.24, 2.45) is 0 Å². The van der Waals surface area contributed by atoms with E-state index in [2.05, 4.69) is 15.3 Å². The summed E-state index contributed by atoms with van der Waals surface area (Å²) in [6, 6.07) is 15.6. The zero-order valence-corrected chi connectivity index (χ0v) is 18.1. The normalized spacial score (nSPS) is 16.1. The first-order valence-electron chi connectivity index (χ1n) is 10.5. The molecule has 0 bridgehead atoms. The van der Waals surface area contributed by atoms with Crippen LogP contribution in [-0.2, 0) is 22.4 Å². The number of carbonyl (C=O) groups is 2. The maximum absolute atomic E-state index is 13.4. The molecule has 8 heteroatoms. The Morgan fingerprint density at radius 2 is 1.91 bits per heavy atom. The second-order valence-corrected chi connectivity index (χ2v) is 7.60. The van der Waals surface area contributed by atoms with E-state index >= 15 is 0 Å². The van der Waals surface area contributed by atoms with Gasteiger partial charge in [-0.1, -0.05) is 42.5 Å². The number of esters is 1. The molecule has 0 fully saturated rings. The van der Waals surface area contributed by atoms with Crippen molar-refractivity contribution in [1.29, 1.82) is 0 Å². The second-order valence-electron chi connectivity index (χ2n) is 7.60. The third kappa shape index (κ3) is 4.44. The molecule has 0 unspecified atom stereocenters. The Morgan fingerprint density at radius 1 is 1.16 bits per heavy atom. The van der Waals surface area contributed by atoms with Crippen molar-refractivity contribution in [3.8, 4) is 5.75 Å². The minimum absolute atomic E-state index is 0.341. The number of imidazole rings is 1. The van der Waals surface area contributed by atoms with Crippen molar-refractivity contribution in [2.75, 3.05) is 20.8 Å². The lowest BCUT2D eigenvalue weighted by atomic mass is 9.96. The zero-order chi connectivity index (χ0) is 22.5. The van der Waals surface area contributed by atoms with Gasteiger partial charge in [-0.05, 0) is 23.3 Å². The molecule has 1 aromatic heterocycles. The number of nitrogens with zero attached hydrogens (tertiary/aromatic N) is 2. The first-order valence-corrected chi connectivity index (χ1v) is 10.5. The van der Waals surface area contributed by atoms with Crippen LogP contribution in [0.2, 0.25) is 0 Å². The van der Waals surface area contributed by atoms with Crippen LogP contribution in [0.3, 0.4) is 0 Å². The minimum Gasteiger partial charge on any atom is -0.497 e. The standard InChI is InChI=1S/C24H26N4O4/c1-31-18-10-8-17(9-11-18)22-21-19(25-15-26-21)12-13-28(22)24(30)27-20(23(29)32-2)14-16-6-4-3-5-7-16/h3-11,15,20,22H,12-14H2,1-2H3,(H,25,26)(H,27,30)/t20-,22+/m1/s1. The van der Waals surface area contributed by atoms with Crippen LogP contribution in [0, 0.1) is 0 Å². The Bertz CT molecular complexity index is 1070. The predicted molar refractivity (Wildman–Crippen MR) is 118 cm³/mol. The fourth-order valence-corrected chi connectivity index (χ4v) is 4.04. The van der Waals surface area contributed by atoms with Crippen molar-refractivity contribution < 1.29 is 19.1 Å². The molecule has 1 aliphatic heterocycles. The second kappa shape index (κ2) is 9.55. The van der Waals surface area contributed by atoms with Gasteiger partial charge in [-0.25, -0.2) is 14.6 Å². The highest BCUT2D eigenvalue weighted by Crippen LogP contribution is 2.34. The summed E-state index contributed by atoms with van der Waals surface area (Å²) in [6.45, 7) is 0.483. The molecule has 4 rings (SSSR count). The number of urea groups is 1. The van der Waals surface area contributed by atoms with Gasteiger partial charge in [-0.2, -0.15) is 0 Å². The first-order chi connectivity index (χ1) is 15.6. The maximum Gasteiger partial charge on any atom is 0.328 e. The van der Waals surface area contributed by atoms with Gasteiger partial charge in [0.05, 0.1) is 26.2 Å². The van der Waals surface area contributed by atoms with Crippen LogP contribution in [-0.4, -0.2) is 53.7 Å². The number of carbonyl (C=O) groups excluding carboxylic acids is 2. The van der Waals surface area contributed by atoms with Crippen LogP contribution in [0.1, 0.15) is 28.6 Å². The molecule has 2 aromatic carbocycles. The summed E-state index contributed by atoms with van der Waals surface area (Å²) in [6.07, 6.45) is 2.64. The lowest BCUT2D eigenvalue weighted by molar-refractivity contribution is -0.142. The Labute approximate surface area is 186 Å². The molecule has 2 atom stereocenters. The highest BCUT2D eigenvalue weighted by molar-refractivity contribution is 5.84. The molecule has 0 aliphatic carbocycles. The van der Waals surface area contributed by atoms with Crippen molar-refractivity contribution in [3.63, 3.8) is 0 Å². The van der Waals surface area contributed by atoms with Crippen LogP contribution < -0.4 is 10.1 Å². The number of aromatic nitrogens is 2. The highest BCUT2D eigenvalue weighted by Gasteiger charge is 2.35. The molecule has 0 saturated carbocycles. The molecule has 3 aromatic rings. The average molecular weight is 434 g/mol. The summed E-state index contributed by atoms with van der Waals surface area (Å²) in [4.78, 5) is 35.2.